The van der Waals surface area contributed by atoms with Gasteiger partial charge in [0, 0.05) is 36.9 Å². The van der Waals surface area contributed by atoms with Gasteiger partial charge in [-0.25, -0.2) is 0 Å². The highest BCUT2D eigenvalue weighted by Crippen LogP contribution is 2.33. The van der Waals surface area contributed by atoms with E-state index in [-0.39, 0.29) is 6.04 Å². The summed E-state index contributed by atoms with van der Waals surface area (Å²) in [5.74, 6) is -1.07. The quantitative estimate of drug-likeness (QED) is 0.664. The van der Waals surface area contributed by atoms with Crippen molar-refractivity contribution in [2.45, 2.75) is 32.0 Å². The molecule has 1 atom stereocenters. The lowest BCUT2D eigenvalue weighted by molar-refractivity contribution is -0.143. The van der Waals surface area contributed by atoms with Crippen molar-refractivity contribution < 1.29 is 9.59 Å². The predicted octanol–water partition coefficient (Wildman–Crippen LogP) is 3.14. The molecule has 0 aliphatic carbocycles. The number of nitrogens with zero attached hydrogens (tertiary/aromatic N) is 2. The van der Waals surface area contributed by atoms with Crippen molar-refractivity contribution in [3.8, 4) is 0 Å². The number of hydrogen-bond acceptors (Lipinski definition) is 4. The lowest BCUT2D eigenvalue weighted by Gasteiger charge is -2.24. The highest BCUT2D eigenvalue weighted by molar-refractivity contribution is 6.39. The minimum Gasteiger partial charge on any atom is -0.327 e. The first-order valence-corrected chi connectivity index (χ1v) is 9.98. The molecule has 0 bridgehead atoms. The molecule has 3 heterocycles. The van der Waals surface area contributed by atoms with E-state index in [1.165, 1.54) is 5.56 Å². The molecule has 6 heteroatoms. The average molecular weight is 386 g/mol. The van der Waals surface area contributed by atoms with E-state index in [4.69, 9.17) is 0 Å². The van der Waals surface area contributed by atoms with Gasteiger partial charge in [-0.3, -0.25) is 14.6 Å². The first-order chi connectivity index (χ1) is 14.2. The van der Waals surface area contributed by atoms with Gasteiger partial charge in [0.2, 0.25) is 0 Å². The third-order valence-corrected chi connectivity index (χ3v) is 5.80. The number of para-hydroxylation sites is 1. The van der Waals surface area contributed by atoms with Gasteiger partial charge in [-0.1, -0.05) is 24.3 Å². The summed E-state index contributed by atoms with van der Waals surface area (Å²) in [4.78, 5) is 31.8. The van der Waals surface area contributed by atoms with Crippen LogP contribution in [-0.4, -0.2) is 28.2 Å². The van der Waals surface area contributed by atoms with Crippen LogP contribution >= 0.6 is 0 Å². The molecule has 0 spiro atoms. The molecule has 29 heavy (non-hydrogen) atoms. The maximum atomic E-state index is 12.9. The number of likely N-dealkylation sites (tertiary alicyclic amines) is 1. The van der Waals surface area contributed by atoms with Crippen LogP contribution in [0.1, 0.15) is 35.6 Å². The minimum atomic E-state index is -0.587. The molecule has 2 aliphatic heterocycles. The second-order valence-electron chi connectivity index (χ2n) is 7.66. The van der Waals surface area contributed by atoms with E-state index in [1.807, 2.05) is 48.7 Å². The number of nitrogens with one attached hydrogen (secondary N) is 2. The topological polar surface area (TPSA) is 74.3 Å². The summed E-state index contributed by atoms with van der Waals surface area (Å²) in [6, 6.07) is 15.7. The van der Waals surface area contributed by atoms with E-state index >= 15 is 0 Å². The molecule has 1 fully saturated rings. The van der Waals surface area contributed by atoms with Gasteiger partial charge in [-0.15, -0.1) is 0 Å². The highest BCUT2D eigenvalue weighted by atomic mass is 16.2. The average Bonchev–Trinajstić information content (AvgIpc) is 3.42. The molecular formula is C23H22N4O2. The first-order valence-electron chi connectivity index (χ1n) is 9.98. The Morgan fingerprint density at radius 1 is 1.07 bits per heavy atom. The summed E-state index contributed by atoms with van der Waals surface area (Å²) in [5.41, 5.74) is 4.96. The van der Waals surface area contributed by atoms with Crippen LogP contribution in [0.25, 0.3) is 10.9 Å². The van der Waals surface area contributed by atoms with Crippen molar-refractivity contribution >= 4 is 28.4 Å². The number of fused-ring (bicyclic) bond motifs is 2. The molecule has 1 unspecified atom stereocenters. The molecule has 2 aromatic carbocycles. The van der Waals surface area contributed by atoms with E-state index < -0.39 is 11.8 Å². The molecule has 0 saturated carbocycles. The third-order valence-electron chi connectivity index (χ3n) is 5.80. The Bertz CT molecular complexity index is 1110. The molecule has 5 rings (SSSR count). The van der Waals surface area contributed by atoms with E-state index in [9.17, 15) is 9.59 Å². The summed E-state index contributed by atoms with van der Waals surface area (Å²) in [6.45, 7) is 2.21. The molecule has 3 aromatic rings. The summed E-state index contributed by atoms with van der Waals surface area (Å²) in [7, 11) is 0. The van der Waals surface area contributed by atoms with Crippen molar-refractivity contribution in [1.29, 1.82) is 0 Å². The van der Waals surface area contributed by atoms with Crippen LogP contribution < -0.4 is 10.6 Å². The highest BCUT2D eigenvalue weighted by Gasteiger charge is 2.33. The van der Waals surface area contributed by atoms with E-state index in [0.717, 1.165) is 48.0 Å². The Hall–Kier alpha value is -3.25. The zero-order valence-corrected chi connectivity index (χ0v) is 16.0. The van der Waals surface area contributed by atoms with Crippen LogP contribution in [0.4, 0.5) is 5.69 Å². The number of aromatic nitrogens is 1. The van der Waals surface area contributed by atoms with Gasteiger partial charge in [-0.05, 0) is 53.8 Å². The SMILES string of the molecule is O=C(Nc1ccc2c(c1)CNC2)C(=O)N1CCCC1c1cnc2ccccc2c1. The van der Waals surface area contributed by atoms with Crippen molar-refractivity contribution in [2.75, 3.05) is 11.9 Å². The smallest absolute Gasteiger partial charge is 0.313 e. The lowest BCUT2D eigenvalue weighted by Crippen LogP contribution is -2.39. The number of rotatable bonds is 2. The van der Waals surface area contributed by atoms with Gasteiger partial charge in [0.25, 0.3) is 0 Å². The molecule has 146 valence electrons. The molecular weight excluding hydrogens is 364 g/mol. The molecule has 6 nitrogen and oxygen atoms in total. The number of amides is 2. The second kappa shape index (κ2) is 7.29. The van der Waals surface area contributed by atoms with E-state index in [0.29, 0.717) is 12.2 Å². The standard InChI is InChI=1S/C23H22N4O2/c28-22(26-19-8-7-16-12-24-13-17(16)11-19)23(29)27-9-3-6-21(27)18-10-15-4-1-2-5-20(15)25-14-18/h1-2,4-5,7-8,10-11,14,21,24H,3,6,9,12-13H2,(H,26,28). The van der Waals surface area contributed by atoms with Gasteiger partial charge in [0.1, 0.15) is 0 Å². The van der Waals surface area contributed by atoms with Crippen LogP contribution in [0.15, 0.2) is 54.7 Å². The first kappa shape index (κ1) is 17.8. The van der Waals surface area contributed by atoms with E-state index in [1.54, 1.807) is 4.90 Å². The number of carbonyl (C=O) groups excluding carboxylic acids is 2. The molecule has 1 aromatic heterocycles. The zero-order chi connectivity index (χ0) is 19.8. The Morgan fingerprint density at radius 3 is 2.86 bits per heavy atom. The number of hydrogen-bond donors (Lipinski definition) is 2. The lowest BCUT2D eigenvalue weighted by atomic mass is 10.0. The normalized spacial score (nSPS) is 18.1. The summed E-state index contributed by atoms with van der Waals surface area (Å²) in [5, 5.41) is 7.10. The van der Waals surface area contributed by atoms with Crippen molar-refractivity contribution in [1.82, 2.24) is 15.2 Å². The zero-order valence-electron chi connectivity index (χ0n) is 16.0. The Labute approximate surface area is 168 Å². The Morgan fingerprint density at radius 2 is 1.93 bits per heavy atom. The van der Waals surface area contributed by atoms with Gasteiger partial charge in [0.05, 0.1) is 11.6 Å². The van der Waals surface area contributed by atoms with Crippen molar-refractivity contribution in [2.24, 2.45) is 0 Å². The third kappa shape index (κ3) is 3.36. The number of benzene rings is 2. The fourth-order valence-corrected chi connectivity index (χ4v) is 4.31. The minimum absolute atomic E-state index is 0.116. The number of pyridine rings is 1. The monoisotopic (exact) mass is 386 g/mol. The van der Waals surface area contributed by atoms with Gasteiger partial charge in [0.15, 0.2) is 0 Å². The maximum absolute atomic E-state index is 12.9. The van der Waals surface area contributed by atoms with Gasteiger partial charge in [-0.2, -0.15) is 0 Å². The molecule has 2 amide bonds. The van der Waals surface area contributed by atoms with Crippen LogP contribution in [0.2, 0.25) is 0 Å². The van der Waals surface area contributed by atoms with Crippen molar-refractivity contribution in [3.63, 3.8) is 0 Å². The summed E-state index contributed by atoms with van der Waals surface area (Å²) >= 11 is 0. The fourth-order valence-electron chi connectivity index (χ4n) is 4.31. The van der Waals surface area contributed by atoms with Crippen LogP contribution in [-0.2, 0) is 22.7 Å². The Balaban J connectivity index is 1.34. The van der Waals surface area contributed by atoms with Gasteiger partial charge < -0.3 is 15.5 Å². The molecule has 1 saturated heterocycles. The largest absolute Gasteiger partial charge is 0.327 e. The van der Waals surface area contributed by atoms with Crippen LogP contribution in [0, 0.1) is 0 Å². The second-order valence-corrected chi connectivity index (χ2v) is 7.66. The number of anilines is 1. The summed E-state index contributed by atoms with van der Waals surface area (Å²) < 4.78 is 0. The molecule has 2 N–H and O–H groups in total. The van der Waals surface area contributed by atoms with Crippen LogP contribution in [0.5, 0.6) is 0 Å². The maximum Gasteiger partial charge on any atom is 0.313 e. The predicted molar refractivity (Wildman–Crippen MR) is 111 cm³/mol. The van der Waals surface area contributed by atoms with Crippen molar-refractivity contribution in [3.05, 3.63) is 71.4 Å². The fraction of sp³-hybridized carbons (Fsp3) is 0.261. The van der Waals surface area contributed by atoms with Gasteiger partial charge >= 0.3 is 11.8 Å². The molecule has 2 aliphatic rings. The van der Waals surface area contributed by atoms with E-state index in [2.05, 4.69) is 21.7 Å². The van der Waals surface area contributed by atoms with Crippen LogP contribution in [0.3, 0.4) is 0 Å². The molecule has 0 radical (unpaired) electrons. The summed E-state index contributed by atoms with van der Waals surface area (Å²) in [6.07, 6.45) is 3.54. The number of carbonyl (C=O) groups is 2. The Kier molecular flexibility index (Phi) is 4.48.